The molecule has 0 saturated carbocycles. The lowest BCUT2D eigenvalue weighted by atomic mass is 10.1. The van der Waals surface area contributed by atoms with Crippen LogP contribution in [0.2, 0.25) is 5.02 Å². The summed E-state index contributed by atoms with van der Waals surface area (Å²) in [7, 11) is 0. The number of non-ortho nitro benzene ring substituents is 1. The van der Waals surface area contributed by atoms with Gasteiger partial charge in [-0.25, -0.2) is 4.79 Å². The van der Waals surface area contributed by atoms with Crippen LogP contribution >= 0.6 is 11.6 Å². The fraction of sp³-hybridized carbons (Fsp3) is 0. The molecule has 0 spiro atoms. The third-order valence-corrected chi connectivity index (χ3v) is 4.44. The van der Waals surface area contributed by atoms with Gasteiger partial charge in [0.2, 0.25) is 0 Å². The number of nitrogens with one attached hydrogen (secondary N) is 1. The average molecular weight is 438 g/mol. The Balaban J connectivity index is 1.88. The van der Waals surface area contributed by atoms with Gasteiger partial charge in [-0.2, -0.15) is 5.26 Å². The summed E-state index contributed by atoms with van der Waals surface area (Å²) in [5.74, 6) is -1.74. The summed E-state index contributed by atoms with van der Waals surface area (Å²) in [5.41, 5.74) is -0.347. The van der Waals surface area contributed by atoms with Crippen LogP contribution in [0.1, 0.15) is 16.1 Å². The van der Waals surface area contributed by atoms with E-state index in [1.54, 1.807) is 12.1 Å². The molecule has 0 atom stereocenters. The third kappa shape index (κ3) is 4.77. The van der Waals surface area contributed by atoms with Crippen molar-refractivity contribution < 1.29 is 24.0 Å². The van der Waals surface area contributed by atoms with Gasteiger partial charge in [0.15, 0.2) is 0 Å². The van der Waals surface area contributed by atoms with Gasteiger partial charge < -0.3 is 14.8 Å². The summed E-state index contributed by atoms with van der Waals surface area (Å²) in [6.07, 6.45) is 1.16. The summed E-state index contributed by atoms with van der Waals surface area (Å²) >= 11 is 6.10. The number of hydrogen-bond acceptors (Lipinski definition) is 6. The van der Waals surface area contributed by atoms with Crippen LogP contribution in [-0.2, 0) is 4.79 Å². The van der Waals surface area contributed by atoms with Gasteiger partial charge in [-0.3, -0.25) is 14.9 Å². The highest BCUT2D eigenvalue weighted by atomic mass is 35.5. The van der Waals surface area contributed by atoms with Crippen molar-refractivity contribution >= 4 is 40.9 Å². The first-order valence-electron chi connectivity index (χ1n) is 8.59. The molecule has 3 aromatic rings. The third-order valence-electron chi connectivity index (χ3n) is 4.11. The van der Waals surface area contributed by atoms with Crippen molar-refractivity contribution in [3.8, 4) is 17.4 Å². The van der Waals surface area contributed by atoms with Crippen molar-refractivity contribution in [2.45, 2.75) is 0 Å². The van der Waals surface area contributed by atoms with Gasteiger partial charge in [-0.1, -0.05) is 23.7 Å². The number of hydrogen-bond donors (Lipinski definition) is 2. The number of carbonyl (C=O) groups is 2. The number of nitrogens with zero attached hydrogens (tertiary/aromatic N) is 2. The van der Waals surface area contributed by atoms with Crippen LogP contribution in [0.15, 0.2) is 64.6 Å². The lowest BCUT2D eigenvalue weighted by Crippen LogP contribution is -2.16. The van der Waals surface area contributed by atoms with Crippen LogP contribution in [-0.4, -0.2) is 21.9 Å². The van der Waals surface area contributed by atoms with E-state index in [0.29, 0.717) is 0 Å². The number of aromatic carboxylic acids is 1. The van der Waals surface area contributed by atoms with Crippen LogP contribution < -0.4 is 5.32 Å². The monoisotopic (exact) mass is 437 g/mol. The van der Waals surface area contributed by atoms with E-state index >= 15 is 0 Å². The smallest absolute Gasteiger partial charge is 0.337 e. The van der Waals surface area contributed by atoms with E-state index in [1.165, 1.54) is 48.5 Å². The fourth-order valence-electron chi connectivity index (χ4n) is 2.65. The molecule has 154 valence electrons. The quantitative estimate of drug-likeness (QED) is 0.244. The Morgan fingerprint density at radius 1 is 1.19 bits per heavy atom. The summed E-state index contributed by atoms with van der Waals surface area (Å²) in [6.45, 7) is 0. The molecule has 0 fully saturated rings. The lowest BCUT2D eigenvalue weighted by Gasteiger charge is -2.07. The number of carbonyl (C=O) groups excluding carboxylic acids is 1. The first kappa shape index (κ1) is 21.3. The molecule has 1 amide bonds. The molecular formula is C21H12ClN3O6. The Hall–Kier alpha value is -4.42. The minimum absolute atomic E-state index is 0.0321. The van der Waals surface area contributed by atoms with Gasteiger partial charge in [-0.05, 0) is 30.3 Å². The number of furan rings is 1. The van der Waals surface area contributed by atoms with E-state index in [1.807, 2.05) is 0 Å². The largest absolute Gasteiger partial charge is 0.478 e. The number of rotatable bonds is 6. The zero-order valence-electron chi connectivity index (χ0n) is 15.5. The van der Waals surface area contributed by atoms with Crippen molar-refractivity contribution in [1.82, 2.24) is 0 Å². The predicted octanol–water partition coefficient (Wildman–Crippen LogP) is 4.75. The van der Waals surface area contributed by atoms with Gasteiger partial charge in [0.1, 0.15) is 23.2 Å². The lowest BCUT2D eigenvalue weighted by molar-refractivity contribution is -0.384. The Labute approximate surface area is 179 Å². The number of nitro groups is 1. The molecule has 0 aliphatic rings. The van der Waals surface area contributed by atoms with Crippen LogP contribution in [0.5, 0.6) is 0 Å². The first-order valence-corrected chi connectivity index (χ1v) is 8.97. The summed E-state index contributed by atoms with van der Waals surface area (Å²) in [5, 5.41) is 32.1. The summed E-state index contributed by atoms with van der Waals surface area (Å²) < 4.78 is 5.57. The van der Waals surface area contributed by atoms with Crippen LogP contribution in [0, 0.1) is 21.4 Å². The Morgan fingerprint density at radius 2 is 1.94 bits per heavy atom. The molecule has 2 N–H and O–H groups in total. The fourth-order valence-corrected chi connectivity index (χ4v) is 2.86. The highest BCUT2D eigenvalue weighted by Crippen LogP contribution is 2.33. The molecule has 3 rings (SSSR count). The van der Waals surface area contributed by atoms with Crippen LogP contribution in [0.25, 0.3) is 17.4 Å². The number of anilines is 1. The zero-order chi connectivity index (χ0) is 22.5. The number of nitriles is 1. The molecule has 0 aliphatic carbocycles. The summed E-state index contributed by atoms with van der Waals surface area (Å²) in [6, 6.07) is 14.3. The van der Waals surface area contributed by atoms with E-state index in [0.717, 1.165) is 6.08 Å². The molecule has 0 bridgehead atoms. The standard InChI is InChI=1S/C21H12ClN3O6/c22-17-7-5-13(25(29)30)10-16(17)19-8-6-14(31-19)9-12(11-23)20(26)24-18-4-2-1-3-15(18)21(27)28/h1-10H,(H,24,26)(H,27,28)/b12-9+. The van der Waals surface area contributed by atoms with E-state index in [9.17, 15) is 30.1 Å². The Kier molecular flexibility index (Phi) is 6.14. The van der Waals surface area contributed by atoms with Gasteiger partial charge >= 0.3 is 5.97 Å². The van der Waals surface area contributed by atoms with Crippen molar-refractivity contribution in [3.05, 3.63) is 86.6 Å². The molecule has 31 heavy (non-hydrogen) atoms. The van der Waals surface area contributed by atoms with Gasteiger partial charge in [0.05, 0.1) is 21.2 Å². The average Bonchev–Trinajstić information content (AvgIpc) is 3.20. The van der Waals surface area contributed by atoms with Gasteiger partial charge in [0.25, 0.3) is 11.6 Å². The van der Waals surface area contributed by atoms with E-state index in [4.69, 9.17) is 16.0 Å². The van der Waals surface area contributed by atoms with Crippen LogP contribution in [0.4, 0.5) is 11.4 Å². The number of carboxylic acids is 1. The second-order valence-electron chi connectivity index (χ2n) is 6.10. The molecular weight excluding hydrogens is 426 g/mol. The van der Waals surface area contributed by atoms with E-state index in [-0.39, 0.29) is 44.6 Å². The Bertz CT molecular complexity index is 1270. The van der Waals surface area contributed by atoms with Crippen molar-refractivity contribution in [2.24, 2.45) is 0 Å². The molecule has 1 aromatic heterocycles. The number of carboxylic acid groups (broad SMARTS) is 1. The number of benzene rings is 2. The number of para-hydroxylation sites is 1. The number of nitro benzene ring substituents is 1. The number of halogens is 1. The normalized spacial score (nSPS) is 10.9. The van der Waals surface area contributed by atoms with Gasteiger partial charge in [-0.15, -0.1) is 0 Å². The molecule has 0 saturated heterocycles. The SMILES string of the molecule is N#C/C(=C\c1ccc(-c2cc([N+](=O)[O-])ccc2Cl)o1)C(=O)Nc1ccccc1C(=O)O. The van der Waals surface area contributed by atoms with Gasteiger partial charge in [0, 0.05) is 23.8 Å². The second-order valence-corrected chi connectivity index (χ2v) is 6.51. The van der Waals surface area contributed by atoms with Crippen LogP contribution in [0.3, 0.4) is 0 Å². The topological polar surface area (TPSA) is 146 Å². The minimum Gasteiger partial charge on any atom is -0.478 e. The first-order chi connectivity index (χ1) is 14.8. The second kappa shape index (κ2) is 8.94. The summed E-state index contributed by atoms with van der Waals surface area (Å²) in [4.78, 5) is 34.1. The predicted molar refractivity (Wildman–Crippen MR) is 111 cm³/mol. The zero-order valence-corrected chi connectivity index (χ0v) is 16.3. The molecule has 0 unspecified atom stereocenters. The molecule has 10 heteroatoms. The minimum atomic E-state index is -1.23. The van der Waals surface area contributed by atoms with Crippen molar-refractivity contribution in [2.75, 3.05) is 5.32 Å². The van der Waals surface area contributed by atoms with E-state index in [2.05, 4.69) is 5.32 Å². The Morgan fingerprint density at radius 3 is 2.61 bits per heavy atom. The maximum atomic E-state index is 12.4. The molecule has 1 heterocycles. The van der Waals surface area contributed by atoms with Crippen molar-refractivity contribution in [1.29, 1.82) is 5.26 Å². The molecule has 0 aliphatic heterocycles. The highest BCUT2D eigenvalue weighted by Gasteiger charge is 2.17. The maximum absolute atomic E-state index is 12.4. The van der Waals surface area contributed by atoms with Crippen molar-refractivity contribution in [3.63, 3.8) is 0 Å². The molecule has 2 aromatic carbocycles. The molecule has 0 radical (unpaired) electrons. The van der Waals surface area contributed by atoms with E-state index < -0.39 is 16.8 Å². The maximum Gasteiger partial charge on any atom is 0.337 e. The number of amides is 1. The highest BCUT2D eigenvalue weighted by molar-refractivity contribution is 6.33. The molecule has 9 nitrogen and oxygen atoms in total.